The molecule has 1 aromatic rings. The third-order valence-electron chi connectivity index (χ3n) is 2.76. The number of hydrogen-bond acceptors (Lipinski definition) is 2. The van der Waals surface area contributed by atoms with E-state index >= 15 is 0 Å². The number of ether oxygens (including phenoxy) is 1. The maximum Gasteiger partial charge on any atom is 0.251 e. The highest BCUT2D eigenvalue weighted by molar-refractivity contribution is 14.1. The fourth-order valence-electron chi connectivity index (χ4n) is 1.72. The summed E-state index contributed by atoms with van der Waals surface area (Å²) in [5.74, 6) is -0.206. The van der Waals surface area contributed by atoms with Crippen LogP contribution < -0.4 is 5.32 Å². The molecule has 1 heterocycles. The first-order chi connectivity index (χ1) is 8.16. The van der Waals surface area contributed by atoms with Crippen molar-refractivity contribution < 1.29 is 13.9 Å². The maximum atomic E-state index is 13.3. The summed E-state index contributed by atoms with van der Waals surface area (Å²) in [6, 6.07) is 4.50. The van der Waals surface area contributed by atoms with Crippen LogP contribution in [-0.4, -0.2) is 25.7 Å². The lowest BCUT2D eigenvalue weighted by Gasteiger charge is -2.09. The Morgan fingerprint density at radius 1 is 1.59 bits per heavy atom. The van der Waals surface area contributed by atoms with Crippen molar-refractivity contribution in [2.24, 2.45) is 5.92 Å². The van der Waals surface area contributed by atoms with Crippen molar-refractivity contribution in [2.75, 3.05) is 19.8 Å². The van der Waals surface area contributed by atoms with Crippen molar-refractivity contribution in [3.05, 3.63) is 33.1 Å². The van der Waals surface area contributed by atoms with Gasteiger partial charge in [0.05, 0.1) is 6.61 Å². The van der Waals surface area contributed by atoms with Crippen LogP contribution in [0.15, 0.2) is 18.2 Å². The SMILES string of the molecule is O=C(NC[C@@H]1CCOC1)c1ccc(I)c(F)c1. The van der Waals surface area contributed by atoms with Gasteiger partial charge in [0.15, 0.2) is 0 Å². The smallest absolute Gasteiger partial charge is 0.251 e. The second-order valence-corrected chi connectivity index (χ2v) is 5.23. The minimum atomic E-state index is -0.359. The molecule has 0 radical (unpaired) electrons. The number of carbonyl (C=O) groups is 1. The Morgan fingerprint density at radius 3 is 3.06 bits per heavy atom. The van der Waals surface area contributed by atoms with Gasteiger partial charge in [0.25, 0.3) is 5.91 Å². The molecule has 1 saturated heterocycles. The van der Waals surface area contributed by atoms with E-state index < -0.39 is 0 Å². The normalized spacial score (nSPS) is 19.3. The van der Waals surface area contributed by atoms with Gasteiger partial charge in [-0.05, 0) is 47.2 Å². The lowest BCUT2D eigenvalue weighted by molar-refractivity contribution is 0.0944. The highest BCUT2D eigenvalue weighted by Gasteiger charge is 2.17. The molecule has 0 spiro atoms. The molecule has 0 bridgehead atoms. The van der Waals surface area contributed by atoms with Crippen LogP contribution in [0.1, 0.15) is 16.8 Å². The molecule has 1 fully saturated rings. The summed E-state index contributed by atoms with van der Waals surface area (Å²) < 4.78 is 19.0. The molecule has 1 aromatic carbocycles. The molecule has 92 valence electrons. The van der Waals surface area contributed by atoms with Crippen LogP contribution in [0.5, 0.6) is 0 Å². The third-order valence-corrected chi connectivity index (χ3v) is 3.63. The highest BCUT2D eigenvalue weighted by atomic mass is 127. The van der Waals surface area contributed by atoms with Gasteiger partial charge in [0, 0.05) is 28.2 Å². The quantitative estimate of drug-likeness (QED) is 0.850. The largest absolute Gasteiger partial charge is 0.381 e. The zero-order chi connectivity index (χ0) is 12.3. The van der Waals surface area contributed by atoms with E-state index in [1.54, 1.807) is 12.1 Å². The average Bonchev–Trinajstić information content (AvgIpc) is 2.82. The predicted molar refractivity (Wildman–Crippen MR) is 70.4 cm³/mol. The molecule has 0 aromatic heterocycles. The van der Waals surface area contributed by atoms with Crippen molar-refractivity contribution >= 4 is 28.5 Å². The highest BCUT2D eigenvalue weighted by Crippen LogP contribution is 2.13. The number of carbonyl (C=O) groups excluding carboxylic acids is 1. The predicted octanol–water partition coefficient (Wildman–Crippen LogP) is 2.20. The molecular formula is C12H13FINO2. The lowest BCUT2D eigenvalue weighted by Crippen LogP contribution is -2.29. The molecule has 3 nitrogen and oxygen atoms in total. The van der Waals surface area contributed by atoms with Gasteiger partial charge >= 0.3 is 0 Å². The van der Waals surface area contributed by atoms with Gasteiger partial charge < -0.3 is 10.1 Å². The van der Waals surface area contributed by atoms with E-state index in [-0.39, 0.29) is 11.7 Å². The van der Waals surface area contributed by atoms with Crippen LogP contribution in [0.25, 0.3) is 0 Å². The molecule has 0 unspecified atom stereocenters. The standard InChI is InChI=1S/C12H13FINO2/c13-10-5-9(1-2-11(10)14)12(16)15-6-8-3-4-17-7-8/h1-2,5,8H,3-4,6-7H2,(H,15,16)/t8-/m0/s1. The van der Waals surface area contributed by atoms with E-state index in [1.165, 1.54) is 6.07 Å². The van der Waals surface area contributed by atoms with Crippen molar-refractivity contribution in [3.63, 3.8) is 0 Å². The van der Waals surface area contributed by atoms with Gasteiger partial charge in [-0.15, -0.1) is 0 Å². The summed E-state index contributed by atoms with van der Waals surface area (Å²) in [7, 11) is 0. The van der Waals surface area contributed by atoms with E-state index in [4.69, 9.17) is 4.74 Å². The summed E-state index contributed by atoms with van der Waals surface area (Å²) in [4.78, 5) is 11.7. The summed E-state index contributed by atoms with van der Waals surface area (Å²) in [5, 5.41) is 2.80. The van der Waals surface area contributed by atoms with Crippen LogP contribution in [0.2, 0.25) is 0 Å². The molecular weight excluding hydrogens is 336 g/mol. The summed E-state index contributed by atoms with van der Waals surface area (Å²) in [6.07, 6.45) is 0.974. The number of hydrogen-bond donors (Lipinski definition) is 1. The zero-order valence-corrected chi connectivity index (χ0v) is 11.4. The summed E-state index contributed by atoms with van der Waals surface area (Å²) in [6.45, 7) is 2.05. The van der Waals surface area contributed by atoms with Crippen molar-refractivity contribution in [1.29, 1.82) is 0 Å². The topological polar surface area (TPSA) is 38.3 Å². The van der Waals surface area contributed by atoms with Crippen molar-refractivity contribution in [3.8, 4) is 0 Å². The van der Waals surface area contributed by atoms with Gasteiger partial charge in [-0.1, -0.05) is 0 Å². The first-order valence-electron chi connectivity index (χ1n) is 5.48. The molecule has 5 heteroatoms. The monoisotopic (exact) mass is 349 g/mol. The molecule has 0 aliphatic carbocycles. The Morgan fingerprint density at radius 2 is 2.41 bits per heavy atom. The average molecular weight is 349 g/mol. The zero-order valence-electron chi connectivity index (χ0n) is 9.21. The first kappa shape index (κ1) is 12.8. The minimum absolute atomic E-state index is 0.229. The molecule has 1 aliphatic heterocycles. The second kappa shape index (κ2) is 5.77. The van der Waals surface area contributed by atoms with Crippen LogP contribution in [-0.2, 0) is 4.74 Å². The molecule has 0 saturated carbocycles. The van der Waals surface area contributed by atoms with E-state index in [1.807, 2.05) is 22.6 Å². The molecule has 17 heavy (non-hydrogen) atoms. The van der Waals surface area contributed by atoms with E-state index in [2.05, 4.69) is 5.32 Å². The van der Waals surface area contributed by atoms with Crippen LogP contribution >= 0.6 is 22.6 Å². The maximum absolute atomic E-state index is 13.3. The Labute approximate surface area is 113 Å². The fourth-order valence-corrected chi connectivity index (χ4v) is 2.06. The number of halogens is 2. The molecule has 1 N–H and O–H groups in total. The minimum Gasteiger partial charge on any atom is -0.381 e. The molecule has 1 atom stereocenters. The van der Waals surface area contributed by atoms with E-state index in [9.17, 15) is 9.18 Å². The first-order valence-corrected chi connectivity index (χ1v) is 6.55. The number of rotatable bonds is 3. The summed E-state index contributed by atoms with van der Waals surface area (Å²) >= 11 is 1.89. The van der Waals surface area contributed by atoms with Gasteiger partial charge in [-0.3, -0.25) is 4.79 Å². The summed E-state index contributed by atoms with van der Waals surface area (Å²) in [5.41, 5.74) is 0.363. The van der Waals surface area contributed by atoms with Gasteiger partial charge in [0.1, 0.15) is 5.82 Å². The molecule has 2 rings (SSSR count). The Bertz CT molecular complexity index is 419. The Hall–Kier alpha value is -0.690. The Kier molecular flexibility index (Phi) is 4.33. The van der Waals surface area contributed by atoms with Crippen molar-refractivity contribution in [1.82, 2.24) is 5.32 Å². The van der Waals surface area contributed by atoms with Gasteiger partial charge in [-0.25, -0.2) is 4.39 Å². The number of nitrogens with one attached hydrogen (secondary N) is 1. The van der Waals surface area contributed by atoms with Crippen LogP contribution in [0, 0.1) is 15.3 Å². The molecule has 1 aliphatic rings. The van der Waals surface area contributed by atoms with Crippen LogP contribution in [0.4, 0.5) is 4.39 Å². The van der Waals surface area contributed by atoms with E-state index in [0.717, 1.165) is 13.0 Å². The fraction of sp³-hybridized carbons (Fsp3) is 0.417. The number of benzene rings is 1. The van der Waals surface area contributed by atoms with Gasteiger partial charge in [-0.2, -0.15) is 0 Å². The van der Waals surface area contributed by atoms with Gasteiger partial charge in [0.2, 0.25) is 0 Å². The molecule has 1 amide bonds. The third kappa shape index (κ3) is 3.38. The van der Waals surface area contributed by atoms with Crippen LogP contribution in [0.3, 0.4) is 0 Å². The second-order valence-electron chi connectivity index (χ2n) is 4.07. The lowest BCUT2D eigenvalue weighted by atomic mass is 10.1. The Balaban J connectivity index is 1.92. The van der Waals surface area contributed by atoms with Crippen molar-refractivity contribution in [2.45, 2.75) is 6.42 Å². The van der Waals surface area contributed by atoms with E-state index in [0.29, 0.717) is 28.2 Å². The number of amides is 1.